The summed E-state index contributed by atoms with van der Waals surface area (Å²) in [5.74, 6) is 1.12. The van der Waals surface area contributed by atoms with Crippen molar-refractivity contribution in [3.8, 4) is 5.75 Å². The van der Waals surface area contributed by atoms with Crippen LogP contribution in [0.5, 0.6) is 5.75 Å². The summed E-state index contributed by atoms with van der Waals surface area (Å²) in [7, 11) is 0. The molecule has 2 bridgehead atoms. The van der Waals surface area contributed by atoms with Gasteiger partial charge in [-0.3, -0.25) is 4.79 Å². The molecule has 1 aromatic carbocycles. The Morgan fingerprint density at radius 1 is 1.25 bits per heavy atom. The highest BCUT2D eigenvalue weighted by molar-refractivity contribution is 5.85. The number of halogens is 1. The van der Waals surface area contributed by atoms with Crippen LogP contribution in [0.1, 0.15) is 50.5 Å². The Bertz CT molecular complexity index is 526. The van der Waals surface area contributed by atoms with Gasteiger partial charge < -0.3 is 15.4 Å². The van der Waals surface area contributed by atoms with Gasteiger partial charge in [-0.05, 0) is 63.1 Å². The van der Waals surface area contributed by atoms with Gasteiger partial charge in [-0.1, -0.05) is 12.1 Å². The Labute approximate surface area is 151 Å². The van der Waals surface area contributed by atoms with Gasteiger partial charge in [0.05, 0.1) is 6.61 Å². The van der Waals surface area contributed by atoms with Gasteiger partial charge in [0, 0.05) is 24.5 Å². The zero-order chi connectivity index (χ0) is 16.1. The predicted octanol–water partition coefficient (Wildman–Crippen LogP) is 3.37. The lowest BCUT2D eigenvalue weighted by atomic mass is 9.99. The number of hydrogen-bond donors (Lipinski definition) is 2. The molecule has 2 N–H and O–H groups in total. The van der Waals surface area contributed by atoms with Crippen LogP contribution in [-0.2, 0) is 4.79 Å². The van der Waals surface area contributed by atoms with Crippen LogP contribution in [-0.4, -0.2) is 30.6 Å². The SMILES string of the molecule is Cc1cccc(OCCCCC(=O)NC2CC3CCC(C2)N3)c1.Cl. The molecule has 2 saturated heterocycles. The maximum atomic E-state index is 12.1. The summed E-state index contributed by atoms with van der Waals surface area (Å²) in [6, 6.07) is 9.71. The first-order valence-corrected chi connectivity index (χ1v) is 8.94. The van der Waals surface area contributed by atoms with Gasteiger partial charge in [0.1, 0.15) is 5.75 Å². The Hall–Kier alpha value is -1.26. The average molecular weight is 353 g/mol. The zero-order valence-corrected chi connectivity index (χ0v) is 15.2. The molecule has 0 aromatic heterocycles. The summed E-state index contributed by atoms with van der Waals surface area (Å²) in [5, 5.41) is 6.82. The first-order chi connectivity index (χ1) is 11.2. The van der Waals surface area contributed by atoms with E-state index in [1.165, 1.54) is 18.4 Å². The van der Waals surface area contributed by atoms with Crippen molar-refractivity contribution in [3.05, 3.63) is 29.8 Å². The molecule has 0 radical (unpaired) electrons. The number of aryl methyl sites for hydroxylation is 1. The highest BCUT2D eigenvalue weighted by Crippen LogP contribution is 2.26. The lowest BCUT2D eigenvalue weighted by Gasteiger charge is -2.29. The van der Waals surface area contributed by atoms with E-state index in [0.29, 0.717) is 31.2 Å². The van der Waals surface area contributed by atoms with Crippen LogP contribution in [0.3, 0.4) is 0 Å². The number of carbonyl (C=O) groups excluding carboxylic acids is 1. The second-order valence-corrected chi connectivity index (χ2v) is 7.00. The van der Waals surface area contributed by atoms with E-state index in [1.54, 1.807) is 0 Å². The quantitative estimate of drug-likeness (QED) is 0.740. The van der Waals surface area contributed by atoms with Gasteiger partial charge in [0.25, 0.3) is 0 Å². The Morgan fingerprint density at radius 2 is 2.00 bits per heavy atom. The van der Waals surface area contributed by atoms with Crippen molar-refractivity contribution in [2.75, 3.05) is 6.61 Å². The first-order valence-electron chi connectivity index (χ1n) is 8.94. The monoisotopic (exact) mass is 352 g/mol. The van der Waals surface area contributed by atoms with Gasteiger partial charge >= 0.3 is 0 Å². The van der Waals surface area contributed by atoms with Crippen molar-refractivity contribution in [2.45, 2.75) is 70.0 Å². The van der Waals surface area contributed by atoms with Crippen LogP contribution in [0.15, 0.2) is 24.3 Å². The predicted molar refractivity (Wildman–Crippen MR) is 98.9 cm³/mol. The molecule has 134 valence electrons. The number of nitrogens with one attached hydrogen (secondary N) is 2. The highest BCUT2D eigenvalue weighted by atomic mass is 35.5. The zero-order valence-electron chi connectivity index (χ0n) is 14.4. The number of fused-ring (bicyclic) bond motifs is 2. The molecule has 5 heteroatoms. The van der Waals surface area contributed by atoms with Crippen LogP contribution in [0.25, 0.3) is 0 Å². The van der Waals surface area contributed by atoms with E-state index < -0.39 is 0 Å². The van der Waals surface area contributed by atoms with Crippen molar-refractivity contribution in [1.29, 1.82) is 0 Å². The lowest BCUT2D eigenvalue weighted by molar-refractivity contribution is -0.122. The smallest absolute Gasteiger partial charge is 0.220 e. The normalized spacial score (nSPS) is 25.0. The van der Waals surface area contributed by atoms with Crippen molar-refractivity contribution in [1.82, 2.24) is 10.6 Å². The molecular formula is C19H29ClN2O2. The Morgan fingerprint density at radius 3 is 2.71 bits per heavy atom. The Balaban J connectivity index is 0.00000208. The van der Waals surface area contributed by atoms with E-state index in [0.717, 1.165) is 31.4 Å². The second kappa shape index (κ2) is 9.28. The lowest BCUT2D eigenvalue weighted by Crippen LogP contribution is -2.47. The molecule has 0 saturated carbocycles. The molecule has 2 aliphatic heterocycles. The third kappa shape index (κ3) is 5.67. The van der Waals surface area contributed by atoms with Gasteiger partial charge in [0.15, 0.2) is 0 Å². The molecule has 3 rings (SSSR count). The molecule has 2 aliphatic rings. The summed E-state index contributed by atoms with van der Waals surface area (Å²) < 4.78 is 5.72. The van der Waals surface area contributed by atoms with Gasteiger partial charge in [0.2, 0.25) is 5.91 Å². The fraction of sp³-hybridized carbons (Fsp3) is 0.632. The maximum absolute atomic E-state index is 12.1. The molecule has 0 aliphatic carbocycles. The number of carbonyl (C=O) groups is 1. The van der Waals surface area contributed by atoms with E-state index in [1.807, 2.05) is 18.2 Å². The maximum Gasteiger partial charge on any atom is 0.220 e. The molecule has 4 nitrogen and oxygen atoms in total. The van der Waals surface area contributed by atoms with Crippen LogP contribution in [0.2, 0.25) is 0 Å². The topological polar surface area (TPSA) is 50.4 Å². The third-order valence-electron chi connectivity index (χ3n) is 4.89. The van der Waals surface area contributed by atoms with Crippen LogP contribution in [0.4, 0.5) is 0 Å². The largest absolute Gasteiger partial charge is 0.494 e. The summed E-state index contributed by atoms with van der Waals surface area (Å²) in [6.07, 6.45) is 7.14. The molecule has 0 spiro atoms. The molecule has 2 heterocycles. The molecular weight excluding hydrogens is 324 g/mol. The number of ether oxygens (including phenoxy) is 1. The number of rotatable bonds is 7. The Kier molecular flexibility index (Phi) is 7.38. The molecule has 1 amide bonds. The standard InChI is InChI=1S/C19H28N2O2.ClH/c1-14-5-4-6-18(11-14)23-10-3-2-7-19(22)21-17-12-15-8-9-16(13-17)20-15;/h4-6,11,15-17,20H,2-3,7-10,12-13H2,1H3,(H,21,22);1H. The number of hydrogen-bond acceptors (Lipinski definition) is 3. The van der Waals surface area contributed by atoms with E-state index in [-0.39, 0.29) is 18.3 Å². The fourth-order valence-corrected chi connectivity index (χ4v) is 3.76. The molecule has 2 unspecified atom stereocenters. The molecule has 24 heavy (non-hydrogen) atoms. The van der Waals surface area contributed by atoms with Crippen molar-refractivity contribution >= 4 is 18.3 Å². The first kappa shape index (κ1) is 19.1. The van der Waals surface area contributed by atoms with Crippen LogP contribution in [0, 0.1) is 6.92 Å². The summed E-state index contributed by atoms with van der Waals surface area (Å²) in [4.78, 5) is 12.1. The highest BCUT2D eigenvalue weighted by Gasteiger charge is 2.33. The molecule has 2 atom stereocenters. The minimum Gasteiger partial charge on any atom is -0.494 e. The average Bonchev–Trinajstić information content (AvgIpc) is 2.86. The van der Waals surface area contributed by atoms with Crippen LogP contribution >= 0.6 is 12.4 Å². The van der Waals surface area contributed by atoms with Crippen molar-refractivity contribution in [3.63, 3.8) is 0 Å². The fourth-order valence-electron chi connectivity index (χ4n) is 3.76. The van der Waals surface area contributed by atoms with E-state index in [9.17, 15) is 4.79 Å². The second-order valence-electron chi connectivity index (χ2n) is 7.00. The van der Waals surface area contributed by atoms with Gasteiger partial charge in [-0.25, -0.2) is 0 Å². The minimum atomic E-state index is 0. The van der Waals surface area contributed by atoms with E-state index >= 15 is 0 Å². The summed E-state index contributed by atoms with van der Waals surface area (Å²) in [5.41, 5.74) is 1.21. The van der Waals surface area contributed by atoms with Crippen LogP contribution < -0.4 is 15.4 Å². The summed E-state index contributed by atoms with van der Waals surface area (Å²) >= 11 is 0. The molecule has 1 aromatic rings. The van der Waals surface area contributed by atoms with E-state index in [4.69, 9.17) is 4.74 Å². The number of benzene rings is 1. The molecule has 2 fully saturated rings. The third-order valence-corrected chi connectivity index (χ3v) is 4.89. The van der Waals surface area contributed by atoms with Crippen molar-refractivity contribution < 1.29 is 9.53 Å². The summed E-state index contributed by atoms with van der Waals surface area (Å²) in [6.45, 7) is 2.73. The number of amides is 1. The number of unbranched alkanes of at least 4 members (excludes halogenated alkanes) is 1. The van der Waals surface area contributed by atoms with Crippen molar-refractivity contribution in [2.24, 2.45) is 0 Å². The minimum absolute atomic E-state index is 0. The van der Waals surface area contributed by atoms with Gasteiger partial charge in [-0.2, -0.15) is 0 Å². The van der Waals surface area contributed by atoms with E-state index in [2.05, 4.69) is 23.6 Å². The number of piperidine rings is 1. The van der Waals surface area contributed by atoms with Gasteiger partial charge in [-0.15, -0.1) is 12.4 Å².